The average Bonchev–Trinajstić information content (AvgIpc) is 2.85. The van der Waals surface area contributed by atoms with Gasteiger partial charge in [-0.25, -0.2) is 0 Å². The van der Waals surface area contributed by atoms with Crippen LogP contribution < -0.4 is 0 Å². The Morgan fingerprint density at radius 3 is 2.58 bits per heavy atom. The maximum atomic E-state index is 11.8. The van der Waals surface area contributed by atoms with E-state index in [2.05, 4.69) is 13.8 Å². The number of carbonyl (C=O) groups excluding carboxylic acids is 1. The number of hydrogen-bond acceptors (Lipinski definition) is 3. The van der Waals surface area contributed by atoms with E-state index >= 15 is 0 Å². The minimum atomic E-state index is -0.711. The number of carboxylic acids is 1. The van der Waals surface area contributed by atoms with Crippen LogP contribution in [-0.2, 0) is 14.3 Å². The van der Waals surface area contributed by atoms with Gasteiger partial charge < -0.3 is 9.84 Å². The summed E-state index contributed by atoms with van der Waals surface area (Å²) < 4.78 is 5.57. The molecule has 2 aliphatic carbocycles. The molecular formula is C15H22O4. The first-order valence-corrected chi connectivity index (χ1v) is 7.22. The highest BCUT2D eigenvalue weighted by Gasteiger charge is 2.68. The van der Waals surface area contributed by atoms with Crippen LogP contribution in [0.4, 0.5) is 0 Å². The maximum absolute atomic E-state index is 11.8. The lowest BCUT2D eigenvalue weighted by Gasteiger charge is -2.43. The van der Waals surface area contributed by atoms with E-state index in [-0.39, 0.29) is 29.1 Å². The highest BCUT2D eigenvalue weighted by Crippen LogP contribution is 2.68. The molecule has 0 spiro atoms. The lowest BCUT2D eigenvalue weighted by Crippen LogP contribution is -2.49. The Kier molecular flexibility index (Phi) is 2.55. The van der Waals surface area contributed by atoms with Crippen molar-refractivity contribution in [1.29, 1.82) is 0 Å². The Morgan fingerprint density at radius 1 is 1.26 bits per heavy atom. The SMILES string of the molecule is CC12CCC3C(C(C(=O)O)C1CCC(=O)O2)C3(C)C. The lowest BCUT2D eigenvalue weighted by molar-refractivity contribution is -0.183. The van der Waals surface area contributed by atoms with Crippen LogP contribution in [0.15, 0.2) is 0 Å². The highest BCUT2D eigenvalue weighted by atomic mass is 16.6. The quantitative estimate of drug-likeness (QED) is 0.740. The van der Waals surface area contributed by atoms with E-state index < -0.39 is 11.6 Å². The van der Waals surface area contributed by atoms with Gasteiger partial charge in [0.2, 0.25) is 0 Å². The molecule has 19 heavy (non-hydrogen) atoms. The number of fused-ring (bicyclic) bond motifs is 2. The zero-order chi connectivity index (χ0) is 14.0. The van der Waals surface area contributed by atoms with E-state index in [9.17, 15) is 14.7 Å². The maximum Gasteiger partial charge on any atom is 0.307 e. The van der Waals surface area contributed by atoms with Crippen molar-refractivity contribution in [1.82, 2.24) is 0 Å². The molecule has 1 aliphatic heterocycles. The molecule has 0 amide bonds. The Hall–Kier alpha value is -1.06. The van der Waals surface area contributed by atoms with Gasteiger partial charge in [0.05, 0.1) is 5.92 Å². The summed E-state index contributed by atoms with van der Waals surface area (Å²) in [5.41, 5.74) is -0.437. The Bertz CT molecular complexity index is 441. The predicted molar refractivity (Wildman–Crippen MR) is 68.3 cm³/mol. The first kappa shape index (κ1) is 12.9. The molecule has 1 N–H and O–H groups in total. The first-order chi connectivity index (χ1) is 8.77. The summed E-state index contributed by atoms with van der Waals surface area (Å²) in [4.78, 5) is 23.3. The van der Waals surface area contributed by atoms with E-state index in [4.69, 9.17) is 4.74 Å². The summed E-state index contributed by atoms with van der Waals surface area (Å²) in [5, 5.41) is 9.67. The van der Waals surface area contributed by atoms with Gasteiger partial charge >= 0.3 is 11.9 Å². The second-order valence-electron chi connectivity index (χ2n) is 7.29. The third kappa shape index (κ3) is 1.72. The second kappa shape index (κ2) is 3.74. The number of aliphatic carboxylic acids is 1. The number of hydrogen-bond donors (Lipinski definition) is 1. The second-order valence-corrected chi connectivity index (χ2v) is 7.29. The smallest absolute Gasteiger partial charge is 0.307 e. The molecule has 0 radical (unpaired) electrons. The molecule has 3 rings (SSSR count). The van der Waals surface area contributed by atoms with Crippen molar-refractivity contribution in [3.63, 3.8) is 0 Å². The molecule has 3 fully saturated rings. The molecule has 1 heterocycles. The third-order valence-electron chi connectivity index (χ3n) is 5.99. The highest BCUT2D eigenvalue weighted by molar-refractivity contribution is 5.74. The van der Waals surface area contributed by atoms with E-state index in [1.54, 1.807) is 0 Å². The molecule has 0 aromatic carbocycles. The monoisotopic (exact) mass is 266 g/mol. The number of carbonyl (C=O) groups is 2. The van der Waals surface area contributed by atoms with Crippen LogP contribution in [-0.4, -0.2) is 22.6 Å². The van der Waals surface area contributed by atoms with Crippen LogP contribution in [0.2, 0.25) is 0 Å². The molecule has 0 bridgehead atoms. The number of carboxylic acid groups (broad SMARTS) is 1. The summed E-state index contributed by atoms with van der Waals surface area (Å²) in [7, 11) is 0. The minimum absolute atomic E-state index is 0.0283. The van der Waals surface area contributed by atoms with Crippen molar-refractivity contribution >= 4 is 11.9 Å². The van der Waals surface area contributed by atoms with Crippen LogP contribution >= 0.6 is 0 Å². The summed E-state index contributed by atoms with van der Waals surface area (Å²) in [5.74, 6) is -0.558. The number of rotatable bonds is 1. The molecular weight excluding hydrogens is 244 g/mol. The molecule has 0 aromatic rings. The molecule has 3 aliphatic rings. The van der Waals surface area contributed by atoms with Crippen molar-refractivity contribution in [3.05, 3.63) is 0 Å². The van der Waals surface area contributed by atoms with Gasteiger partial charge in [-0.2, -0.15) is 0 Å². The van der Waals surface area contributed by atoms with Crippen LogP contribution in [0.5, 0.6) is 0 Å². The molecule has 5 atom stereocenters. The van der Waals surface area contributed by atoms with Crippen molar-refractivity contribution in [2.24, 2.45) is 29.1 Å². The van der Waals surface area contributed by atoms with E-state index in [1.165, 1.54) is 0 Å². The van der Waals surface area contributed by atoms with Gasteiger partial charge in [0.25, 0.3) is 0 Å². The summed E-state index contributed by atoms with van der Waals surface area (Å²) in [6, 6.07) is 0. The van der Waals surface area contributed by atoms with E-state index in [1.807, 2.05) is 6.92 Å². The van der Waals surface area contributed by atoms with Crippen molar-refractivity contribution < 1.29 is 19.4 Å². The average molecular weight is 266 g/mol. The van der Waals surface area contributed by atoms with Gasteiger partial charge in [0.1, 0.15) is 5.60 Å². The Balaban J connectivity index is 1.97. The Morgan fingerprint density at radius 2 is 1.95 bits per heavy atom. The largest absolute Gasteiger partial charge is 0.481 e. The normalized spacial score (nSPS) is 47.4. The van der Waals surface area contributed by atoms with Crippen molar-refractivity contribution in [3.8, 4) is 0 Å². The summed E-state index contributed by atoms with van der Waals surface area (Å²) in [6.07, 6.45) is 2.80. The fourth-order valence-corrected chi connectivity index (χ4v) is 4.83. The van der Waals surface area contributed by atoms with Gasteiger partial charge in [0, 0.05) is 12.3 Å². The first-order valence-electron chi connectivity index (χ1n) is 7.22. The number of esters is 1. The Labute approximate surface area is 113 Å². The molecule has 4 nitrogen and oxygen atoms in total. The molecule has 0 aromatic heterocycles. The van der Waals surface area contributed by atoms with Gasteiger partial charge in [-0.1, -0.05) is 13.8 Å². The minimum Gasteiger partial charge on any atom is -0.481 e. The fraction of sp³-hybridized carbons (Fsp3) is 0.867. The zero-order valence-corrected chi connectivity index (χ0v) is 11.8. The lowest BCUT2D eigenvalue weighted by atomic mass is 9.71. The fourth-order valence-electron chi connectivity index (χ4n) is 4.83. The predicted octanol–water partition coefficient (Wildman–Crippen LogP) is 2.47. The number of ether oxygens (including phenoxy) is 1. The summed E-state index contributed by atoms with van der Waals surface area (Å²) in [6.45, 7) is 6.29. The van der Waals surface area contributed by atoms with Crippen LogP contribution in [0.3, 0.4) is 0 Å². The van der Waals surface area contributed by atoms with Crippen molar-refractivity contribution in [2.45, 2.75) is 52.1 Å². The third-order valence-corrected chi connectivity index (χ3v) is 5.99. The molecule has 1 saturated heterocycles. The van der Waals surface area contributed by atoms with E-state index in [0.29, 0.717) is 18.8 Å². The van der Waals surface area contributed by atoms with Crippen LogP contribution in [0.25, 0.3) is 0 Å². The van der Waals surface area contributed by atoms with Crippen molar-refractivity contribution in [2.75, 3.05) is 0 Å². The van der Waals surface area contributed by atoms with Crippen LogP contribution in [0, 0.1) is 29.1 Å². The standard InChI is InChI=1S/C15H22O4/c1-14(2)9-6-7-15(3)8(4-5-10(16)19-15)11(12(9)14)13(17)18/h8-9,11-12H,4-7H2,1-3H3,(H,17,18). The molecule has 2 saturated carbocycles. The molecule has 106 valence electrons. The van der Waals surface area contributed by atoms with Gasteiger partial charge in [-0.05, 0) is 43.4 Å². The van der Waals surface area contributed by atoms with Gasteiger partial charge in [-0.15, -0.1) is 0 Å². The van der Waals surface area contributed by atoms with Gasteiger partial charge in [0.15, 0.2) is 0 Å². The van der Waals surface area contributed by atoms with Crippen LogP contribution in [0.1, 0.15) is 46.5 Å². The molecule has 4 heteroatoms. The zero-order valence-electron chi connectivity index (χ0n) is 11.8. The van der Waals surface area contributed by atoms with E-state index in [0.717, 1.165) is 12.8 Å². The molecule has 5 unspecified atom stereocenters. The summed E-state index contributed by atoms with van der Waals surface area (Å²) >= 11 is 0. The topological polar surface area (TPSA) is 63.6 Å². The van der Waals surface area contributed by atoms with Gasteiger partial charge in [-0.3, -0.25) is 9.59 Å².